The van der Waals surface area contributed by atoms with Crippen LogP contribution < -0.4 is 10.1 Å². The first-order chi connectivity index (χ1) is 9.29. The van der Waals surface area contributed by atoms with Gasteiger partial charge in [-0.15, -0.1) is 0 Å². The molecule has 0 saturated heterocycles. The lowest BCUT2D eigenvalue weighted by atomic mass is 10.2. The van der Waals surface area contributed by atoms with E-state index in [1.54, 1.807) is 19.2 Å². The average Bonchev–Trinajstić information content (AvgIpc) is 2.93. The number of hydrogen-bond donors (Lipinski definition) is 2. The summed E-state index contributed by atoms with van der Waals surface area (Å²) in [7, 11) is 1.62. The van der Waals surface area contributed by atoms with Gasteiger partial charge in [-0.1, -0.05) is 12.8 Å². The maximum absolute atomic E-state index is 9.73. The van der Waals surface area contributed by atoms with Gasteiger partial charge in [-0.2, -0.15) is 0 Å². The van der Waals surface area contributed by atoms with Crippen molar-refractivity contribution in [1.82, 2.24) is 5.32 Å². The lowest BCUT2D eigenvalue weighted by Crippen LogP contribution is -2.21. The minimum atomic E-state index is 0.296. The summed E-state index contributed by atoms with van der Waals surface area (Å²) in [6.45, 7) is 2.15. The number of nitrogens with one attached hydrogen (secondary N) is 1. The van der Waals surface area contributed by atoms with E-state index in [4.69, 9.17) is 9.47 Å². The number of phenolic OH excluding ortho intramolecular Hbond substituents is 1. The Hall–Kier alpha value is -1.26. The molecule has 0 atom stereocenters. The molecule has 0 radical (unpaired) electrons. The van der Waals surface area contributed by atoms with Crippen LogP contribution in [0.1, 0.15) is 31.2 Å². The molecule has 19 heavy (non-hydrogen) atoms. The Bertz CT molecular complexity index is 389. The molecule has 0 heterocycles. The molecule has 0 bridgehead atoms. The van der Waals surface area contributed by atoms with Crippen LogP contribution >= 0.6 is 0 Å². The molecule has 2 N–H and O–H groups in total. The molecule has 1 saturated carbocycles. The molecule has 2 rings (SSSR count). The number of phenols is 1. The SMILES string of the molecule is COc1ccc(O)c(CNCCOC2CCCC2)c1. The molecule has 0 amide bonds. The highest BCUT2D eigenvalue weighted by molar-refractivity contribution is 5.39. The second kappa shape index (κ2) is 7.36. The number of hydrogen-bond acceptors (Lipinski definition) is 4. The van der Waals surface area contributed by atoms with Gasteiger partial charge in [0, 0.05) is 18.7 Å². The quantitative estimate of drug-likeness (QED) is 0.744. The summed E-state index contributed by atoms with van der Waals surface area (Å²) in [4.78, 5) is 0. The highest BCUT2D eigenvalue weighted by Crippen LogP contribution is 2.22. The van der Waals surface area contributed by atoms with Crippen LogP contribution in [-0.4, -0.2) is 31.5 Å². The third-order valence-corrected chi connectivity index (χ3v) is 3.54. The van der Waals surface area contributed by atoms with Gasteiger partial charge in [0.2, 0.25) is 0 Å². The van der Waals surface area contributed by atoms with Gasteiger partial charge in [0.15, 0.2) is 0 Å². The van der Waals surface area contributed by atoms with Crippen molar-refractivity contribution < 1.29 is 14.6 Å². The van der Waals surface area contributed by atoms with Crippen LogP contribution in [0.4, 0.5) is 0 Å². The third-order valence-electron chi connectivity index (χ3n) is 3.54. The van der Waals surface area contributed by atoms with Crippen molar-refractivity contribution in [2.24, 2.45) is 0 Å². The monoisotopic (exact) mass is 265 g/mol. The maximum atomic E-state index is 9.73. The molecule has 1 aliphatic carbocycles. The number of aromatic hydroxyl groups is 1. The number of ether oxygens (including phenoxy) is 2. The van der Waals surface area contributed by atoms with Crippen molar-refractivity contribution in [3.8, 4) is 11.5 Å². The minimum Gasteiger partial charge on any atom is -0.508 e. The molecule has 4 heteroatoms. The Balaban J connectivity index is 1.67. The summed E-state index contributed by atoms with van der Waals surface area (Å²) in [5, 5.41) is 13.0. The van der Waals surface area contributed by atoms with Crippen molar-refractivity contribution in [1.29, 1.82) is 0 Å². The summed E-state index contributed by atoms with van der Waals surface area (Å²) in [5.74, 6) is 1.06. The molecule has 0 spiro atoms. The van der Waals surface area contributed by atoms with Crippen molar-refractivity contribution >= 4 is 0 Å². The molecule has 4 nitrogen and oxygen atoms in total. The topological polar surface area (TPSA) is 50.7 Å². The largest absolute Gasteiger partial charge is 0.508 e. The zero-order chi connectivity index (χ0) is 13.5. The lowest BCUT2D eigenvalue weighted by molar-refractivity contribution is 0.0602. The molecule has 0 unspecified atom stereocenters. The summed E-state index contributed by atoms with van der Waals surface area (Å²) in [5.41, 5.74) is 0.847. The van der Waals surface area contributed by atoms with Crippen LogP contribution in [0.25, 0.3) is 0 Å². The molecular formula is C15H23NO3. The van der Waals surface area contributed by atoms with Gasteiger partial charge in [0.05, 0.1) is 19.8 Å². The Morgan fingerprint density at radius 3 is 2.84 bits per heavy atom. The van der Waals surface area contributed by atoms with Crippen molar-refractivity contribution in [2.45, 2.75) is 38.3 Å². The van der Waals surface area contributed by atoms with Crippen LogP contribution in [0.5, 0.6) is 11.5 Å². The smallest absolute Gasteiger partial charge is 0.120 e. The van der Waals surface area contributed by atoms with Gasteiger partial charge in [0.1, 0.15) is 11.5 Å². The Labute approximate surface area is 114 Å². The molecule has 106 valence electrons. The summed E-state index contributed by atoms with van der Waals surface area (Å²) < 4.78 is 10.9. The second-order valence-corrected chi connectivity index (χ2v) is 4.95. The van der Waals surface area contributed by atoms with E-state index in [0.717, 1.165) is 24.5 Å². The Morgan fingerprint density at radius 2 is 2.11 bits per heavy atom. The van der Waals surface area contributed by atoms with Crippen LogP contribution in [0.15, 0.2) is 18.2 Å². The maximum Gasteiger partial charge on any atom is 0.120 e. The zero-order valence-corrected chi connectivity index (χ0v) is 11.5. The Morgan fingerprint density at radius 1 is 1.32 bits per heavy atom. The Kier molecular flexibility index (Phi) is 5.48. The van der Waals surface area contributed by atoms with E-state index in [2.05, 4.69) is 5.32 Å². The summed E-state index contributed by atoms with van der Waals surface area (Å²) in [6.07, 6.45) is 5.48. The van der Waals surface area contributed by atoms with E-state index in [0.29, 0.717) is 18.4 Å². The minimum absolute atomic E-state index is 0.296. The highest BCUT2D eigenvalue weighted by atomic mass is 16.5. The molecular weight excluding hydrogens is 242 g/mol. The predicted molar refractivity (Wildman–Crippen MR) is 74.6 cm³/mol. The molecule has 1 aromatic rings. The molecule has 1 fully saturated rings. The fourth-order valence-electron chi connectivity index (χ4n) is 2.41. The van der Waals surface area contributed by atoms with E-state index >= 15 is 0 Å². The summed E-state index contributed by atoms with van der Waals surface area (Å²) in [6, 6.07) is 5.26. The predicted octanol–water partition coefficient (Wildman–Crippen LogP) is 2.45. The van der Waals surface area contributed by atoms with Crippen molar-refractivity contribution in [2.75, 3.05) is 20.3 Å². The first kappa shape index (κ1) is 14.2. The first-order valence-corrected chi connectivity index (χ1v) is 6.98. The number of benzene rings is 1. The fraction of sp³-hybridized carbons (Fsp3) is 0.600. The average molecular weight is 265 g/mol. The highest BCUT2D eigenvalue weighted by Gasteiger charge is 2.14. The van der Waals surface area contributed by atoms with E-state index in [9.17, 15) is 5.11 Å². The van der Waals surface area contributed by atoms with Crippen LogP contribution in [0.3, 0.4) is 0 Å². The van der Waals surface area contributed by atoms with Gasteiger partial charge in [-0.05, 0) is 31.0 Å². The standard InChI is InChI=1S/C15H23NO3/c1-18-14-6-7-15(17)12(10-14)11-16-8-9-19-13-4-2-3-5-13/h6-7,10,13,16-17H,2-5,8-9,11H2,1H3. The first-order valence-electron chi connectivity index (χ1n) is 6.98. The van der Waals surface area contributed by atoms with Gasteiger partial charge in [-0.3, -0.25) is 0 Å². The number of methoxy groups -OCH3 is 1. The van der Waals surface area contributed by atoms with Crippen molar-refractivity contribution in [3.63, 3.8) is 0 Å². The van der Waals surface area contributed by atoms with Gasteiger partial charge >= 0.3 is 0 Å². The van der Waals surface area contributed by atoms with E-state index in [1.807, 2.05) is 6.07 Å². The van der Waals surface area contributed by atoms with Gasteiger partial charge in [-0.25, -0.2) is 0 Å². The lowest BCUT2D eigenvalue weighted by Gasteiger charge is -2.12. The van der Waals surface area contributed by atoms with E-state index in [1.165, 1.54) is 25.7 Å². The molecule has 0 aliphatic heterocycles. The second-order valence-electron chi connectivity index (χ2n) is 4.95. The van der Waals surface area contributed by atoms with Crippen LogP contribution in [-0.2, 0) is 11.3 Å². The van der Waals surface area contributed by atoms with Crippen molar-refractivity contribution in [3.05, 3.63) is 23.8 Å². The molecule has 1 aliphatic rings. The van der Waals surface area contributed by atoms with E-state index < -0.39 is 0 Å². The number of rotatable bonds is 7. The van der Waals surface area contributed by atoms with Crippen LogP contribution in [0, 0.1) is 0 Å². The van der Waals surface area contributed by atoms with E-state index in [-0.39, 0.29) is 0 Å². The van der Waals surface area contributed by atoms with Gasteiger partial charge in [0.25, 0.3) is 0 Å². The molecule has 0 aromatic heterocycles. The molecule has 1 aromatic carbocycles. The fourth-order valence-corrected chi connectivity index (χ4v) is 2.41. The third kappa shape index (κ3) is 4.40. The summed E-state index contributed by atoms with van der Waals surface area (Å²) >= 11 is 0. The van der Waals surface area contributed by atoms with Crippen LogP contribution in [0.2, 0.25) is 0 Å². The zero-order valence-electron chi connectivity index (χ0n) is 11.5. The normalized spacial score (nSPS) is 15.8. The van der Waals surface area contributed by atoms with Gasteiger partial charge < -0.3 is 19.9 Å².